The monoisotopic (exact) mass is 245 g/mol. The average molecular weight is 245 g/mol. The van der Waals surface area contributed by atoms with Crippen LogP contribution < -0.4 is 15.2 Å². The van der Waals surface area contributed by atoms with Crippen molar-refractivity contribution in [1.82, 2.24) is 9.97 Å². The molecule has 0 fully saturated rings. The third-order valence-corrected chi connectivity index (χ3v) is 2.35. The van der Waals surface area contributed by atoms with Gasteiger partial charge in [0.05, 0.1) is 25.5 Å². The molecule has 1 aromatic heterocycles. The van der Waals surface area contributed by atoms with E-state index in [1.54, 1.807) is 19.5 Å². The lowest BCUT2D eigenvalue weighted by Gasteiger charge is -2.07. The predicted molar refractivity (Wildman–Crippen MR) is 67.7 cm³/mol. The minimum Gasteiger partial charge on any atom is -0.497 e. The summed E-state index contributed by atoms with van der Waals surface area (Å²) in [5.41, 5.74) is 5.67. The summed E-state index contributed by atoms with van der Waals surface area (Å²) in [4.78, 5) is 8.24. The van der Waals surface area contributed by atoms with Crippen LogP contribution in [0.1, 0.15) is 18.8 Å². The maximum absolute atomic E-state index is 5.67. The van der Waals surface area contributed by atoms with Gasteiger partial charge in [-0.25, -0.2) is 9.97 Å². The lowest BCUT2D eigenvalue weighted by Crippen LogP contribution is -2.09. The number of benzene rings is 1. The zero-order valence-electron chi connectivity index (χ0n) is 10.3. The quantitative estimate of drug-likeness (QED) is 0.894. The van der Waals surface area contributed by atoms with Gasteiger partial charge in [-0.05, 0) is 31.2 Å². The van der Waals surface area contributed by atoms with Crippen LogP contribution >= 0.6 is 0 Å². The molecule has 2 N–H and O–H groups in total. The summed E-state index contributed by atoms with van der Waals surface area (Å²) >= 11 is 0. The second-order valence-electron chi connectivity index (χ2n) is 3.84. The van der Waals surface area contributed by atoms with Gasteiger partial charge in [-0.15, -0.1) is 0 Å². The maximum atomic E-state index is 5.67. The fourth-order valence-corrected chi connectivity index (χ4v) is 1.39. The average Bonchev–Trinajstić information content (AvgIpc) is 2.40. The second kappa shape index (κ2) is 5.46. The standard InChI is InChI=1S/C13H15N3O2/c1-9(14)13-15-7-12(8-16-13)18-11-5-3-10(17-2)4-6-11/h3-9H,14H2,1-2H3. The van der Waals surface area contributed by atoms with Crippen molar-refractivity contribution in [2.45, 2.75) is 13.0 Å². The third kappa shape index (κ3) is 2.95. The summed E-state index contributed by atoms with van der Waals surface area (Å²) in [6, 6.07) is 7.11. The highest BCUT2D eigenvalue weighted by Crippen LogP contribution is 2.22. The van der Waals surface area contributed by atoms with Crippen LogP contribution in [0.25, 0.3) is 0 Å². The molecular formula is C13H15N3O2. The number of aromatic nitrogens is 2. The van der Waals surface area contributed by atoms with E-state index in [2.05, 4.69) is 9.97 Å². The Morgan fingerprint density at radius 1 is 1.00 bits per heavy atom. The van der Waals surface area contributed by atoms with Crippen LogP contribution in [0.2, 0.25) is 0 Å². The van der Waals surface area contributed by atoms with Crippen molar-refractivity contribution >= 4 is 0 Å². The van der Waals surface area contributed by atoms with Crippen LogP contribution in [0.4, 0.5) is 0 Å². The zero-order valence-corrected chi connectivity index (χ0v) is 10.3. The predicted octanol–water partition coefficient (Wildman–Crippen LogP) is 2.30. The summed E-state index contributed by atoms with van der Waals surface area (Å²) in [5.74, 6) is 2.65. The lowest BCUT2D eigenvalue weighted by atomic mass is 10.3. The first-order chi connectivity index (χ1) is 8.69. The SMILES string of the molecule is COc1ccc(Oc2cnc(C(C)N)nc2)cc1. The van der Waals surface area contributed by atoms with Crippen LogP contribution in [0, 0.1) is 0 Å². The Morgan fingerprint density at radius 3 is 2.06 bits per heavy atom. The van der Waals surface area contributed by atoms with Crippen molar-refractivity contribution in [3.63, 3.8) is 0 Å². The molecule has 0 saturated carbocycles. The normalized spacial score (nSPS) is 11.9. The molecule has 0 radical (unpaired) electrons. The van der Waals surface area contributed by atoms with Crippen molar-refractivity contribution in [3.05, 3.63) is 42.5 Å². The Balaban J connectivity index is 2.08. The minimum absolute atomic E-state index is 0.181. The highest BCUT2D eigenvalue weighted by Gasteiger charge is 2.04. The van der Waals surface area contributed by atoms with Crippen LogP contribution in [0.15, 0.2) is 36.7 Å². The third-order valence-electron chi connectivity index (χ3n) is 2.35. The highest BCUT2D eigenvalue weighted by molar-refractivity contribution is 5.34. The molecule has 5 nitrogen and oxygen atoms in total. The van der Waals surface area contributed by atoms with E-state index in [4.69, 9.17) is 15.2 Å². The van der Waals surface area contributed by atoms with Crippen LogP contribution in [-0.4, -0.2) is 17.1 Å². The molecule has 1 heterocycles. The van der Waals surface area contributed by atoms with Gasteiger partial charge >= 0.3 is 0 Å². The molecule has 0 bridgehead atoms. The van der Waals surface area contributed by atoms with Crippen LogP contribution in [0.3, 0.4) is 0 Å². The van der Waals surface area contributed by atoms with Gasteiger partial charge < -0.3 is 15.2 Å². The first kappa shape index (κ1) is 12.3. The molecule has 0 saturated heterocycles. The topological polar surface area (TPSA) is 70.3 Å². The van der Waals surface area contributed by atoms with Gasteiger partial charge in [-0.3, -0.25) is 0 Å². The molecule has 1 atom stereocenters. The summed E-state index contributed by atoms with van der Waals surface area (Å²) in [7, 11) is 1.62. The highest BCUT2D eigenvalue weighted by atomic mass is 16.5. The molecule has 5 heteroatoms. The van der Waals surface area contributed by atoms with Gasteiger partial charge in [0.25, 0.3) is 0 Å². The van der Waals surface area contributed by atoms with Crippen molar-refractivity contribution in [3.8, 4) is 17.2 Å². The summed E-state index contributed by atoms with van der Waals surface area (Å²) in [5, 5.41) is 0. The van der Waals surface area contributed by atoms with E-state index in [-0.39, 0.29) is 6.04 Å². The van der Waals surface area contributed by atoms with Gasteiger partial charge in [0.1, 0.15) is 17.3 Å². The molecule has 1 unspecified atom stereocenters. The summed E-state index contributed by atoms with van der Waals surface area (Å²) in [6.07, 6.45) is 3.21. The molecule has 0 aliphatic carbocycles. The molecule has 94 valence electrons. The number of nitrogens with zero attached hydrogens (tertiary/aromatic N) is 2. The fourth-order valence-electron chi connectivity index (χ4n) is 1.39. The van der Waals surface area contributed by atoms with Crippen molar-refractivity contribution in [2.24, 2.45) is 5.73 Å². The smallest absolute Gasteiger partial charge is 0.164 e. The van der Waals surface area contributed by atoms with Gasteiger partial charge in [-0.2, -0.15) is 0 Å². The number of rotatable bonds is 4. The molecular weight excluding hydrogens is 230 g/mol. The number of nitrogens with two attached hydrogens (primary N) is 1. The molecule has 0 aliphatic heterocycles. The van der Waals surface area contributed by atoms with Crippen molar-refractivity contribution in [2.75, 3.05) is 7.11 Å². The van der Waals surface area contributed by atoms with E-state index < -0.39 is 0 Å². The molecule has 18 heavy (non-hydrogen) atoms. The maximum Gasteiger partial charge on any atom is 0.164 e. The van der Waals surface area contributed by atoms with Gasteiger partial charge in [0.15, 0.2) is 5.75 Å². The largest absolute Gasteiger partial charge is 0.497 e. The molecule has 2 aromatic rings. The number of ether oxygens (including phenoxy) is 2. The first-order valence-electron chi connectivity index (χ1n) is 5.58. The molecule has 0 aliphatic rings. The molecule has 0 amide bonds. The van der Waals surface area contributed by atoms with Crippen LogP contribution in [-0.2, 0) is 0 Å². The van der Waals surface area contributed by atoms with E-state index in [9.17, 15) is 0 Å². The Bertz CT molecular complexity index is 495. The van der Waals surface area contributed by atoms with Gasteiger partial charge in [0.2, 0.25) is 0 Å². The molecule has 0 spiro atoms. The lowest BCUT2D eigenvalue weighted by molar-refractivity contribution is 0.412. The van der Waals surface area contributed by atoms with E-state index in [0.29, 0.717) is 17.3 Å². The second-order valence-corrected chi connectivity index (χ2v) is 3.84. The van der Waals surface area contributed by atoms with Gasteiger partial charge in [-0.1, -0.05) is 0 Å². The molecule has 2 rings (SSSR count). The summed E-state index contributed by atoms with van der Waals surface area (Å²) < 4.78 is 10.7. The summed E-state index contributed by atoms with van der Waals surface area (Å²) in [6.45, 7) is 1.83. The number of methoxy groups -OCH3 is 1. The number of hydrogen-bond acceptors (Lipinski definition) is 5. The van der Waals surface area contributed by atoms with E-state index >= 15 is 0 Å². The van der Waals surface area contributed by atoms with E-state index in [0.717, 1.165) is 5.75 Å². The zero-order chi connectivity index (χ0) is 13.0. The Morgan fingerprint density at radius 2 is 1.56 bits per heavy atom. The Labute approximate surface area is 106 Å². The fraction of sp³-hybridized carbons (Fsp3) is 0.231. The Kier molecular flexibility index (Phi) is 3.74. The van der Waals surface area contributed by atoms with Crippen molar-refractivity contribution < 1.29 is 9.47 Å². The number of hydrogen-bond donors (Lipinski definition) is 1. The Hall–Kier alpha value is -2.14. The first-order valence-corrected chi connectivity index (χ1v) is 5.58. The van der Waals surface area contributed by atoms with Crippen LogP contribution in [0.5, 0.6) is 17.2 Å². The van der Waals surface area contributed by atoms with E-state index in [1.165, 1.54) is 0 Å². The van der Waals surface area contributed by atoms with E-state index in [1.807, 2.05) is 31.2 Å². The van der Waals surface area contributed by atoms with Gasteiger partial charge in [0, 0.05) is 0 Å². The van der Waals surface area contributed by atoms with Crippen molar-refractivity contribution in [1.29, 1.82) is 0 Å². The minimum atomic E-state index is -0.181. The molecule has 1 aromatic carbocycles.